The lowest BCUT2D eigenvalue weighted by Crippen LogP contribution is -2.40. The molecule has 3 aromatic rings. The maximum atomic E-state index is 12.8. The third-order valence-corrected chi connectivity index (χ3v) is 6.26. The average Bonchev–Trinajstić information content (AvgIpc) is 3.31. The molecule has 9 nitrogen and oxygen atoms in total. The molecule has 1 heterocycles. The Morgan fingerprint density at radius 1 is 0.972 bits per heavy atom. The Morgan fingerprint density at radius 3 is 2.33 bits per heavy atom. The van der Waals surface area contributed by atoms with Crippen LogP contribution < -0.4 is 16.0 Å². The van der Waals surface area contributed by atoms with Crippen molar-refractivity contribution in [3.8, 4) is 0 Å². The Kier molecular flexibility index (Phi) is 9.18. The molecule has 1 atom stereocenters. The molecule has 0 spiro atoms. The van der Waals surface area contributed by atoms with Gasteiger partial charge in [-0.15, -0.1) is 11.3 Å². The number of carboxylic acids is 1. The standard InChI is InChI=1S/C26H28N4O5S/c1-17-8-10-19(11-9-17)20(14-24(32)33)28-22(31)16-30(2)25(34)21-12-13-23(36-21)29-26(35)27-15-18-6-4-3-5-7-18/h3-13,20H,14-16H2,1-2H3,(H,28,31)(H,32,33)(H2,27,29,35). The number of nitrogens with one attached hydrogen (secondary N) is 3. The van der Waals surface area contributed by atoms with Gasteiger partial charge in [-0.25, -0.2) is 4.79 Å². The van der Waals surface area contributed by atoms with Crippen LogP contribution in [-0.4, -0.2) is 47.4 Å². The van der Waals surface area contributed by atoms with E-state index in [1.54, 1.807) is 24.3 Å². The maximum Gasteiger partial charge on any atom is 0.320 e. The van der Waals surface area contributed by atoms with Crippen molar-refractivity contribution >= 4 is 40.2 Å². The Balaban J connectivity index is 1.53. The van der Waals surface area contributed by atoms with Crippen LogP contribution in [0.25, 0.3) is 0 Å². The van der Waals surface area contributed by atoms with Crippen molar-refractivity contribution in [3.63, 3.8) is 0 Å². The van der Waals surface area contributed by atoms with Gasteiger partial charge >= 0.3 is 12.0 Å². The first-order chi connectivity index (χ1) is 17.2. The molecule has 0 saturated carbocycles. The summed E-state index contributed by atoms with van der Waals surface area (Å²) in [7, 11) is 1.49. The first kappa shape index (κ1) is 26.4. The topological polar surface area (TPSA) is 128 Å². The number of thiophene rings is 1. The van der Waals surface area contributed by atoms with Crippen LogP contribution >= 0.6 is 11.3 Å². The molecular weight excluding hydrogens is 480 g/mol. The van der Waals surface area contributed by atoms with Crippen LogP contribution in [0, 0.1) is 6.92 Å². The number of anilines is 1. The molecule has 0 saturated heterocycles. The lowest BCUT2D eigenvalue weighted by molar-refractivity contribution is -0.137. The minimum atomic E-state index is -1.04. The van der Waals surface area contributed by atoms with Gasteiger partial charge in [0.1, 0.15) is 0 Å². The average molecular weight is 509 g/mol. The van der Waals surface area contributed by atoms with Gasteiger partial charge in [0.2, 0.25) is 5.91 Å². The number of nitrogens with zero attached hydrogens (tertiary/aromatic N) is 1. The normalized spacial score (nSPS) is 11.3. The summed E-state index contributed by atoms with van der Waals surface area (Å²) in [6, 6.07) is 18.8. The number of aryl methyl sites for hydroxylation is 1. The molecule has 1 unspecified atom stereocenters. The number of likely N-dealkylation sites (N-methyl/N-ethyl adjacent to an activating group) is 1. The molecule has 3 rings (SSSR count). The molecule has 4 N–H and O–H groups in total. The summed E-state index contributed by atoms with van der Waals surface area (Å²) in [4.78, 5) is 50.4. The minimum Gasteiger partial charge on any atom is -0.481 e. The first-order valence-corrected chi connectivity index (χ1v) is 12.0. The summed E-state index contributed by atoms with van der Waals surface area (Å²) in [6.07, 6.45) is -0.279. The van der Waals surface area contributed by atoms with Crippen molar-refractivity contribution in [2.45, 2.75) is 25.9 Å². The number of urea groups is 1. The van der Waals surface area contributed by atoms with Gasteiger partial charge in [-0.05, 0) is 30.2 Å². The number of aliphatic carboxylic acids is 1. The predicted octanol–water partition coefficient (Wildman–Crippen LogP) is 3.78. The summed E-state index contributed by atoms with van der Waals surface area (Å²) in [5.41, 5.74) is 2.65. The number of carbonyl (C=O) groups is 4. The zero-order chi connectivity index (χ0) is 26.1. The van der Waals surface area contributed by atoms with Gasteiger partial charge in [-0.2, -0.15) is 0 Å². The lowest BCUT2D eigenvalue weighted by atomic mass is 10.0. The van der Waals surface area contributed by atoms with Crippen LogP contribution in [0.5, 0.6) is 0 Å². The van der Waals surface area contributed by atoms with E-state index in [2.05, 4.69) is 16.0 Å². The van der Waals surface area contributed by atoms with Gasteiger partial charge < -0.3 is 20.6 Å². The van der Waals surface area contributed by atoms with E-state index in [1.807, 2.05) is 49.4 Å². The van der Waals surface area contributed by atoms with Gasteiger partial charge in [0.15, 0.2) is 0 Å². The van der Waals surface area contributed by atoms with Gasteiger partial charge in [0.05, 0.1) is 28.9 Å². The maximum absolute atomic E-state index is 12.8. The third kappa shape index (κ3) is 7.95. The smallest absolute Gasteiger partial charge is 0.320 e. The second-order valence-electron chi connectivity index (χ2n) is 8.25. The largest absolute Gasteiger partial charge is 0.481 e. The highest BCUT2D eigenvalue weighted by molar-refractivity contribution is 7.18. The van der Waals surface area contributed by atoms with E-state index in [-0.39, 0.29) is 13.0 Å². The number of hydrogen-bond donors (Lipinski definition) is 4. The SMILES string of the molecule is Cc1ccc(C(CC(=O)O)NC(=O)CN(C)C(=O)c2ccc(NC(=O)NCc3ccccc3)s2)cc1. The van der Waals surface area contributed by atoms with Crippen molar-refractivity contribution in [3.05, 3.63) is 88.3 Å². The highest BCUT2D eigenvalue weighted by atomic mass is 32.1. The summed E-state index contributed by atoms with van der Waals surface area (Å²) in [5, 5.41) is 17.9. The molecule has 10 heteroatoms. The van der Waals surface area contributed by atoms with E-state index in [4.69, 9.17) is 0 Å². The van der Waals surface area contributed by atoms with E-state index in [1.165, 1.54) is 11.9 Å². The summed E-state index contributed by atoms with van der Waals surface area (Å²) >= 11 is 1.09. The zero-order valence-electron chi connectivity index (χ0n) is 20.0. The number of carboxylic acid groups (broad SMARTS) is 1. The Labute approximate surface area is 213 Å². The van der Waals surface area contributed by atoms with E-state index in [0.29, 0.717) is 22.0 Å². The molecule has 1 aromatic heterocycles. The molecule has 0 radical (unpaired) electrons. The molecule has 0 aliphatic rings. The molecule has 36 heavy (non-hydrogen) atoms. The number of hydrogen-bond acceptors (Lipinski definition) is 5. The number of rotatable bonds is 10. The quantitative estimate of drug-likeness (QED) is 0.331. The van der Waals surface area contributed by atoms with Gasteiger partial charge in [0.25, 0.3) is 5.91 Å². The van der Waals surface area contributed by atoms with Crippen LogP contribution in [0.1, 0.15) is 38.8 Å². The minimum absolute atomic E-state index is 0.251. The van der Waals surface area contributed by atoms with Crippen LogP contribution in [0.3, 0.4) is 0 Å². The van der Waals surface area contributed by atoms with Gasteiger partial charge in [-0.1, -0.05) is 60.2 Å². The summed E-state index contributed by atoms with van der Waals surface area (Å²) in [5.74, 6) is -1.91. The number of carbonyl (C=O) groups excluding carboxylic acids is 3. The third-order valence-electron chi connectivity index (χ3n) is 5.27. The van der Waals surface area contributed by atoms with Crippen LogP contribution in [0.2, 0.25) is 0 Å². The molecule has 0 bridgehead atoms. The zero-order valence-corrected chi connectivity index (χ0v) is 20.8. The van der Waals surface area contributed by atoms with Crippen molar-refractivity contribution in [2.24, 2.45) is 0 Å². The Hall–Kier alpha value is -4.18. The van der Waals surface area contributed by atoms with Crippen molar-refractivity contribution in [1.82, 2.24) is 15.5 Å². The van der Waals surface area contributed by atoms with E-state index in [9.17, 15) is 24.3 Å². The van der Waals surface area contributed by atoms with E-state index in [0.717, 1.165) is 22.5 Å². The van der Waals surface area contributed by atoms with E-state index < -0.39 is 29.9 Å². The van der Waals surface area contributed by atoms with Crippen LogP contribution in [0.15, 0.2) is 66.7 Å². The molecular formula is C26H28N4O5S. The number of benzene rings is 2. The highest BCUT2D eigenvalue weighted by Gasteiger charge is 2.22. The van der Waals surface area contributed by atoms with Crippen LogP contribution in [0.4, 0.5) is 9.80 Å². The fourth-order valence-corrected chi connectivity index (χ4v) is 4.29. The monoisotopic (exact) mass is 508 g/mol. The molecule has 188 valence electrons. The molecule has 4 amide bonds. The van der Waals surface area contributed by atoms with Crippen molar-refractivity contribution < 1.29 is 24.3 Å². The fourth-order valence-electron chi connectivity index (χ4n) is 3.40. The molecule has 0 fully saturated rings. The van der Waals surface area contributed by atoms with Crippen molar-refractivity contribution in [2.75, 3.05) is 18.9 Å². The summed E-state index contributed by atoms with van der Waals surface area (Å²) in [6.45, 7) is 2.03. The molecule has 0 aliphatic heterocycles. The molecule has 0 aliphatic carbocycles. The second-order valence-corrected chi connectivity index (χ2v) is 9.33. The highest BCUT2D eigenvalue weighted by Crippen LogP contribution is 2.23. The first-order valence-electron chi connectivity index (χ1n) is 11.2. The predicted molar refractivity (Wildman–Crippen MR) is 138 cm³/mol. The lowest BCUT2D eigenvalue weighted by Gasteiger charge is -2.21. The van der Waals surface area contributed by atoms with Gasteiger partial charge in [0, 0.05) is 13.6 Å². The Bertz CT molecular complexity index is 1210. The second kappa shape index (κ2) is 12.5. The van der Waals surface area contributed by atoms with E-state index >= 15 is 0 Å². The summed E-state index contributed by atoms with van der Waals surface area (Å²) < 4.78 is 0. The van der Waals surface area contributed by atoms with Crippen LogP contribution in [-0.2, 0) is 16.1 Å². The van der Waals surface area contributed by atoms with Gasteiger partial charge in [-0.3, -0.25) is 19.7 Å². The Morgan fingerprint density at radius 2 is 1.67 bits per heavy atom. The van der Waals surface area contributed by atoms with Crippen molar-refractivity contribution in [1.29, 1.82) is 0 Å². The molecule has 2 aromatic carbocycles. The fraction of sp³-hybridized carbons (Fsp3) is 0.231. The number of amides is 4.